The summed E-state index contributed by atoms with van der Waals surface area (Å²) >= 11 is 0. The molecule has 0 spiro atoms. The number of aromatic nitrogens is 3. The molecule has 3 rings (SSSR count). The fourth-order valence-electron chi connectivity index (χ4n) is 3.21. The zero-order valence-electron chi connectivity index (χ0n) is 13.2. The third-order valence-corrected chi connectivity index (χ3v) is 5.02. The Morgan fingerprint density at radius 2 is 1.76 bits per heavy atom. The highest BCUT2D eigenvalue weighted by Crippen LogP contribution is 2.43. The number of hydrogen-bond acceptors (Lipinski definition) is 6. The highest BCUT2D eigenvalue weighted by Gasteiger charge is 2.35. The second-order valence-electron chi connectivity index (χ2n) is 6.29. The van der Waals surface area contributed by atoms with Gasteiger partial charge in [-0.15, -0.1) is 0 Å². The Morgan fingerprint density at radius 3 is 2.33 bits per heavy atom. The molecule has 6 nitrogen and oxygen atoms in total. The maximum absolute atomic E-state index is 4.61. The summed E-state index contributed by atoms with van der Waals surface area (Å²) < 4.78 is 0. The van der Waals surface area contributed by atoms with Gasteiger partial charge in [-0.2, -0.15) is 15.0 Å². The van der Waals surface area contributed by atoms with Gasteiger partial charge in [-0.1, -0.05) is 13.3 Å². The van der Waals surface area contributed by atoms with Gasteiger partial charge in [0.15, 0.2) is 0 Å². The van der Waals surface area contributed by atoms with Gasteiger partial charge in [-0.25, -0.2) is 0 Å². The normalized spacial score (nSPS) is 20.2. The lowest BCUT2D eigenvalue weighted by Crippen LogP contribution is -2.36. The van der Waals surface area contributed by atoms with Gasteiger partial charge in [0.05, 0.1) is 0 Å². The number of nitrogens with zero attached hydrogens (tertiary/aromatic N) is 4. The maximum Gasteiger partial charge on any atom is 0.231 e. The molecule has 1 saturated carbocycles. The molecule has 1 aromatic heterocycles. The average Bonchev–Trinajstić information content (AvgIpc) is 3.00. The van der Waals surface area contributed by atoms with Crippen LogP contribution >= 0.6 is 0 Å². The molecular formula is C15H26N6. The largest absolute Gasteiger partial charge is 0.357 e. The Bertz CT molecular complexity index is 474. The van der Waals surface area contributed by atoms with Crippen molar-refractivity contribution in [2.24, 2.45) is 5.41 Å². The molecule has 0 bridgehead atoms. The van der Waals surface area contributed by atoms with E-state index in [-0.39, 0.29) is 0 Å². The van der Waals surface area contributed by atoms with Gasteiger partial charge in [0, 0.05) is 26.7 Å². The number of anilines is 3. The average molecular weight is 290 g/mol. The standard InChI is InChI=1S/C15H26N6/c1-3-15(7-6-8-15)11-17-13-18-12(16-2)19-14(20-13)21-9-4-5-10-21/h3-11H2,1-2H3,(H2,16,17,18,19,20). The van der Waals surface area contributed by atoms with Crippen LogP contribution in [0.15, 0.2) is 0 Å². The summed E-state index contributed by atoms with van der Waals surface area (Å²) in [5.74, 6) is 2.15. The molecule has 6 heteroatoms. The molecule has 0 radical (unpaired) electrons. The van der Waals surface area contributed by atoms with E-state index in [4.69, 9.17) is 0 Å². The van der Waals surface area contributed by atoms with Gasteiger partial charge >= 0.3 is 0 Å². The first-order valence-electron chi connectivity index (χ1n) is 8.17. The van der Waals surface area contributed by atoms with Crippen LogP contribution in [0, 0.1) is 5.41 Å². The minimum Gasteiger partial charge on any atom is -0.357 e. The molecule has 2 heterocycles. The predicted molar refractivity (Wildman–Crippen MR) is 85.9 cm³/mol. The van der Waals surface area contributed by atoms with E-state index in [0.29, 0.717) is 17.3 Å². The van der Waals surface area contributed by atoms with Gasteiger partial charge in [0.25, 0.3) is 0 Å². The van der Waals surface area contributed by atoms with Crippen LogP contribution in [0.3, 0.4) is 0 Å². The third kappa shape index (κ3) is 3.04. The first kappa shape index (κ1) is 14.4. The highest BCUT2D eigenvalue weighted by atomic mass is 15.3. The van der Waals surface area contributed by atoms with E-state index in [9.17, 15) is 0 Å². The summed E-state index contributed by atoms with van der Waals surface area (Å²) in [6, 6.07) is 0. The molecule has 1 aliphatic carbocycles. The van der Waals surface area contributed by atoms with Gasteiger partial charge < -0.3 is 15.5 Å². The lowest BCUT2D eigenvalue weighted by atomic mass is 9.67. The summed E-state index contributed by atoms with van der Waals surface area (Å²) in [5.41, 5.74) is 0.459. The Hall–Kier alpha value is -1.59. The monoisotopic (exact) mass is 290 g/mol. The Balaban J connectivity index is 1.72. The molecule has 0 amide bonds. The van der Waals surface area contributed by atoms with E-state index < -0.39 is 0 Å². The molecule has 0 aromatic carbocycles. The van der Waals surface area contributed by atoms with E-state index in [1.54, 1.807) is 0 Å². The quantitative estimate of drug-likeness (QED) is 0.839. The smallest absolute Gasteiger partial charge is 0.231 e. The van der Waals surface area contributed by atoms with Crippen LogP contribution in [-0.4, -0.2) is 41.6 Å². The lowest BCUT2D eigenvalue weighted by Gasteiger charge is -2.41. The molecule has 116 valence electrons. The second kappa shape index (κ2) is 6.03. The molecule has 2 aliphatic rings. The minimum atomic E-state index is 0.459. The maximum atomic E-state index is 4.61. The SMILES string of the molecule is CCC1(CNc2nc(NC)nc(N3CCCC3)n2)CCC1. The summed E-state index contributed by atoms with van der Waals surface area (Å²) in [6.45, 7) is 5.34. The van der Waals surface area contributed by atoms with Crippen molar-refractivity contribution in [1.29, 1.82) is 0 Å². The first-order chi connectivity index (χ1) is 10.2. The van der Waals surface area contributed by atoms with Crippen LogP contribution in [0.5, 0.6) is 0 Å². The highest BCUT2D eigenvalue weighted by molar-refractivity contribution is 5.44. The van der Waals surface area contributed by atoms with Crippen LogP contribution in [0.1, 0.15) is 45.4 Å². The van der Waals surface area contributed by atoms with Crippen LogP contribution in [0.25, 0.3) is 0 Å². The first-order valence-corrected chi connectivity index (χ1v) is 8.17. The zero-order valence-corrected chi connectivity index (χ0v) is 13.2. The summed E-state index contributed by atoms with van der Waals surface area (Å²) in [7, 11) is 1.85. The second-order valence-corrected chi connectivity index (χ2v) is 6.29. The Morgan fingerprint density at radius 1 is 1.05 bits per heavy atom. The fourth-order valence-corrected chi connectivity index (χ4v) is 3.21. The third-order valence-electron chi connectivity index (χ3n) is 5.02. The summed E-state index contributed by atoms with van der Waals surface area (Å²) in [5, 5.41) is 6.49. The van der Waals surface area contributed by atoms with Gasteiger partial charge in [-0.05, 0) is 37.5 Å². The van der Waals surface area contributed by atoms with Gasteiger partial charge in [0.2, 0.25) is 17.8 Å². The van der Waals surface area contributed by atoms with E-state index >= 15 is 0 Å². The Labute approximate surface area is 126 Å². The minimum absolute atomic E-state index is 0.459. The number of rotatable bonds is 6. The molecule has 2 N–H and O–H groups in total. The van der Waals surface area contributed by atoms with Crippen molar-refractivity contribution in [3.8, 4) is 0 Å². The Kier molecular flexibility index (Phi) is 4.12. The molecule has 0 unspecified atom stereocenters. The number of nitrogens with one attached hydrogen (secondary N) is 2. The van der Waals surface area contributed by atoms with Crippen molar-refractivity contribution >= 4 is 17.8 Å². The van der Waals surface area contributed by atoms with Crippen molar-refractivity contribution in [1.82, 2.24) is 15.0 Å². The van der Waals surface area contributed by atoms with Crippen molar-refractivity contribution in [2.45, 2.75) is 45.4 Å². The van der Waals surface area contributed by atoms with Crippen molar-refractivity contribution in [3.63, 3.8) is 0 Å². The molecule has 1 aromatic rings. The van der Waals surface area contributed by atoms with Crippen LogP contribution in [-0.2, 0) is 0 Å². The predicted octanol–water partition coefficient (Wildman–Crippen LogP) is 2.51. The summed E-state index contributed by atoms with van der Waals surface area (Å²) in [4.78, 5) is 15.8. The van der Waals surface area contributed by atoms with E-state index in [1.165, 1.54) is 38.5 Å². The molecule has 1 aliphatic heterocycles. The summed E-state index contributed by atoms with van der Waals surface area (Å²) in [6.07, 6.45) is 7.67. The van der Waals surface area contributed by atoms with Crippen LogP contribution < -0.4 is 15.5 Å². The molecule has 0 atom stereocenters. The van der Waals surface area contributed by atoms with E-state index in [1.807, 2.05) is 7.05 Å². The lowest BCUT2D eigenvalue weighted by molar-refractivity contribution is 0.144. The molecule has 1 saturated heterocycles. The van der Waals surface area contributed by atoms with Gasteiger partial charge in [0.1, 0.15) is 0 Å². The zero-order chi connectivity index (χ0) is 14.7. The molecule has 21 heavy (non-hydrogen) atoms. The topological polar surface area (TPSA) is 66.0 Å². The van der Waals surface area contributed by atoms with Crippen molar-refractivity contribution < 1.29 is 0 Å². The number of hydrogen-bond donors (Lipinski definition) is 2. The van der Waals surface area contributed by atoms with Crippen LogP contribution in [0.4, 0.5) is 17.8 Å². The van der Waals surface area contributed by atoms with Gasteiger partial charge in [-0.3, -0.25) is 0 Å². The van der Waals surface area contributed by atoms with Crippen molar-refractivity contribution in [2.75, 3.05) is 42.2 Å². The van der Waals surface area contributed by atoms with E-state index in [2.05, 4.69) is 37.4 Å². The molecule has 2 fully saturated rings. The van der Waals surface area contributed by atoms with Crippen molar-refractivity contribution in [3.05, 3.63) is 0 Å². The fraction of sp³-hybridized carbons (Fsp3) is 0.800. The van der Waals surface area contributed by atoms with Crippen LogP contribution in [0.2, 0.25) is 0 Å². The molecular weight excluding hydrogens is 264 g/mol. The van der Waals surface area contributed by atoms with E-state index in [0.717, 1.165) is 25.6 Å².